The Morgan fingerprint density at radius 3 is 3.09 bits per heavy atom. The van der Waals surface area contributed by atoms with Crippen molar-refractivity contribution < 1.29 is 14.3 Å². The minimum absolute atomic E-state index is 0.122. The molecule has 0 unspecified atom stereocenters. The van der Waals surface area contributed by atoms with Crippen LogP contribution in [0.2, 0.25) is 0 Å². The molecule has 23 heavy (non-hydrogen) atoms. The summed E-state index contributed by atoms with van der Waals surface area (Å²) >= 11 is 0. The van der Waals surface area contributed by atoms with Crippen molar-refractivity contribution in [1.29, 1.82) is 0 Å². The molecule has 4 rings (SSSR count). The molecule has 0 fully saturated rings. The van der Waals surface area contributed by atoms with Gasteiger partial charge in [-0.2, -0.15) is 0 Å². The predicted octanol–water partition coefficient (Wildman–Crippen LogP) is 2.43. The van der Waals surface area contributed by atoms with Crippen molar-refractivity contribution in [3.05, 3.63) is 42.1 Å². The van der Waals surface area contributed by atoms with Gasteiger partial charge >= 0.3 is 0 Å². The molecule has 1 aromatic carbocycles. The lowest BCUT2D eigenvalue weighted by molar-refractivity contribution is 0.102. The number of rotatable bonds is 3. The molecule has 1 aliphatic heterocycles. The molecular weight excluding hydrogens is 296 g/mol. The Labute approximate surface area is 131 Å². The molecule has 116 valence electrons. The van der Waals surface area contributed by atoms with Crippen molar-refractivity contribution >= 4 is 23.0 Å². The molecule has 0 radical (unpaired) electrons. The molecule has 2 aromatic heterocycles. The zero-order valence-corrected chi connectivity index (χ0v) is 12.4. The number of hydrogen-bond acceptors (Lipinski definition) is 5. The fourth-order valence-electron chi connectivity index (χ4n) is 2.63. The van der Waals surface area contributed by atoms with E-state index in [4.69, 9.17) is 9.47 Å². The number of pyridine rings is 1. The molecule has 7 nitrogen and oxygen atoms in total. The van der Waals surface area contributed by atoms with Gasteiger partial charge in [0.2, 0.25) is 12.7 Å². The Hall–Kier alpha value is -3.09. The van der Waals surface area contributed by atoms with Crippen molar-refractivity contribution in [3.63, 3.8) is 0 Å². The summed E-state index contributed by atoms with van der Waals surface area (Å²) in [5.74, 6) is 1.20. The third kappa shape index (κ3) is 2.17. The second kappa shape index (κ2) is 5.28. The Morgan fingerprint density at radius 2 is 2.22 bits per heavy atom. The first-order chi connectivity index (χ1) is 11.3. The summed E-state index contributed by atoms with van der Waals surface area (Å²) in [5.41, 5.74) is 1.90. The molecule has 0 saturated heterocycles. The highest BCUT2D eigenvalue weighted by atomic mass is 16.7. The Kier molecular flexibility index (Phi) is 3.11. The van der Waals surface area contributed by atoms with Gasteiger partial charge in [-0.05, 0) is 31.2 Å². The van der Waals surface area contributed by atoms with Gasteiger partial charge in [0.05, 0.1) is 5.56 Å². The van der Waals surface area contributed by atoms with E-state index < -0.39 is 0 Å². The van der Waals surface area contributed by atoms with Crippen molar-refractivity contribution in [2.45, 2.75) is 13.5 Å². The molecule has 0 spiro atoms. The smallest absolute Gasteiger partial charge is 0.261 e. The summed E-state index contributed by atoms with van der Waals surface area (Å²) in [7, 11) is 0. The number of ether oxygens (including phenoxy) is 2. The summed E-state index contributed by atoms with van der Waals surface area (Å²) in [5, 5.41) is 2.83. The van der Waals surface area contributed by atoms with E-state index in [2.05, 4.69) is 15.3 Å². The van der Waals surface area contributed by atoms with Crippen molar-refractivity contribution in [2.75, 3.05) is 12.1 Å². The molecule has 1 N–H and O–H groups in total. The van der Waals surface area contributed by atoms with Crippen LogP contribution in [0.1, 0.15) is 17.3 Å². The second-order valence-electron chi connectivity index (χ2n) is 5.02. The number of carbonyl (C=O) groups is 1. The zero-order chi connectivity index (χ0) is 15.8. The van der Waals surface area contributed by atoms with Crippen LogP contribution in [-0.4, -0.2) is 27.2 Å². The molecule has 7 heteroatoms. The van der Waals surface area contributed by atoms with E-state index in [9.17, 15) is 4.79 Å². The fourth-order valence-corrected chi connectivity index (χ4v) is 2.63. The first-order valence-electron chi connectivity index (χ1n) is 7.29. The lowest BCUT2D eigenvalue weighted by Gasteiger charge is -2.08. The third-order valence-electron chi connectivity index (χ3n) is 3.69. The van der Waals surface area contributed by atoms with Gasteiger partial charge in [-0.25, -0.2) is 9.97 Å². The lowest BCUT2D eigenvalue weighted by Crippen LogP contribution is -2.16. The number of hydrogen-bond donors (Lipinski definition) is 1. The summed E-state index contributed by atoms with van der Waals surface area (Å²) in [6, 6.07) is 8.90. The van der Waals surface area contributed by atoms with Gasteiger partial charge in [-0.15, -0.1) is 0 Å². The Morgan fingerprint density at radius 1 is 1.30 bits per heavy atom. The van der Waals surface area contributed by atoms with Crippen LogP contribution in [-0.2, 0) is 6.54 Å². The molecule has 0 bridgehead atoms. The molecule has 1 amide bonds. The highest BCUT2D eigenvalue weighted by Gasteiger charge is 2.23. The van der Waals surface area contributed by atoms with E-state index in [0.29, 0.717) is 29.6 Å². The minimum Gasteiger partial charge on any atom is -0.454 e. The van der Waals surface area contributed by atoms with Crippen LogP contribution in [0.25, 0.3) is 11.2 Å². The Bertz CT molecular complexity index is 903. The standard InChI is InChI=1S/C16H14N4O3/c1-2-20-14-11(6-4-8-17-14)18-16(20)19-15(21)10-5-3-7-12-13(10)23-9-22-12/h3-8H,2,9H2,1H3,(H,18,19,21). The van der Waals surface area contributed by atoms with Gasteiger partial charge < -0.3 is 9.47 Å². The van der Waals surface area contributed by atoms with Gasteiger partial charge in [-0.1, -0.05) is 6.07 Å². The normalized spacial score (nSPS) is 12.6. The van der Waals surface area contributed by atoms with Crippen LogP contribution in [0, 0.1) is 0 Å². The van der Waals surface area contributed by atoms with Gasteiger partial charge in [0.15, 0.2) is 17.1 Å². The van der Waals surface area contributed by atoms with Gasteiger partial charge in [0, 0.05) is 12.7 Å². The van der Waals surface area contributed by atoms with E-state index in [-0.39, 0.29) is 12.7 Å². The first kappa shape index (κ1) is 13.6. The van der Waals surface area contributed by atoms with Crippen molar-refractivity contribution in [1.82, 2.24) is 14.5 Å². The van der Waals surface area contributed by atoms with Gasteiger partial charge in [0.1, 0.15) is 5.52 Å². The number of imidazole rings is 1. The van der Waals surface area contributed by atoms with Gasteiger partial charge in [-0.3, -0.25) is 14.7 Å². The number of nitrogens with zero attached hydrogens (tertiary/aromatic N) is 3. The van der Waals surface area contributed by atoms with Gasteiger partial charge in [0.25, 0.3) is 5.91 Å². The third-order valence-corrected chi connectivity index (χ3v) is 3.69. The number of nitrogens with one attached hydrogen (secondary N) is 1. The maximum atomic E-state index is 12.6. The number of benzene rings is 1. The number of aryl methyl sites for hydroxylation is 1. The summed E-state index contributed by atoms with van der Waals surface area (Å²) in [6.45, 7) is 2.75. The first-order valence-corrected chi connectivity index (χ1v) is 7.29. The Balaban J connectivity index is 1.71. The lowest BCUT2D eigenvalue weighted by atomic mass is 10.2. The second-order valence-corrected chi connectivity index (χ2v) is 5.02. The minimum atomic E-state index is -0.294. The number of amides is 1. The molecule has 0 atom stereocenters. The topological polar surface area (TPSA) is 78.3 Å². The van der Waals surface area contributed by atoms with Crippen LogP contribution in [0.5, 0.6) is 11.5 Å². The molecule has 1 aliphatic rings. The maximum absolute atomic E-state index is 12.6. The quantitative estimate of drug-likeness (QED) is 0.804. The molecule has 3 heterocycles. The highest BCUT2D eigenvalue weighted by Crippen LogP contribution is 2.35. The maximum Gasteiger partial charge on any atom is 0.261 e. The average Bonchev–Trinajstić information content (AvgIpc) is 3.18. The van der Waals surface area contributed by atoms with E-state index >= 15 is 0 Å². The summed E-state index contributed by atoms with van der Waals surface area (Å²) in [4.78, 5) is 21.4. The van der Waals surface area contributed by atoms with Crippen LogP contribution in [0.15, 0.2) is 36.5 Å². The van der Waals surface area contributed by atoms with E-state index in [0.717, 1.165) is 11.2 Å². The number of aromatic nitrogens is 3. The average molecular weight is 310 g/mol. The fraction of sp³-hybridized carbons (Fsp3) is 0.188. The van der Waals surface area contributed by atoms with E-state index in [1.807, 2.05) is 23.6 Å². The molecule has 3 aromatic rings. The number of para-hydroxylation sites is 1. The van der Waals surface area contributed by atoms with Crippen LogP contribution >= 0.6 is 0 Å². The molecular formula is C16H14N4O3. The highest BCUT2D eigenvalue weighted by molar-refractivity contribution is 6.06. The van der Waals surface area contributed by atoms with Crippen LogP contribution in [0.3, 0.4) is 0 Å². The van der Waals surface area contributed by atoms with Crippen molar-refractivity contribution in [2.24, 2.45) is 0 Å². The van der Waals surface area contributed by atoms with Crippen LogP contribution < -0.4 is 14.8 Å². The molecule has 0 saturated carbocycles. The van der Waals surface area contributed by atoms with Crippen molar-refractivity contribution in [3.8, 4) is 11.5 Å². The summed E-state index contributed by atoms with van der Waals surface area (Å²) in [6.07, 6.45) is 1.71. The number of carbonyl (C=O) groups excluding carboxylic acids is 1. The zero-order valence-electron chi connectivity index (χ0n) is 12.4. The predicted molar refractivity (Wildman–Crippen MR) is 83.7 cm³/mol. The SMILES string of the molecule is CCn1c(NC(=O)c2cccc3c2OCO3)nc2cccnc21. The largest absolute Gasteiger partial charge is 0.454 e. The number of fused-ring (bicyclic) bond motifs is 2. The number of anilines is 1. The van der Waals surface area contributed by atoms with E-state index in [1.54, 1.807) is 24.4 Å². The molecule has 0 aliphatic carbocycles. The van der Waals surface area contributed by atoms with E-state index in [1.165, 1.54) is 0 Å². The van der Waals surface area contributed by atoms with Crippen LogP contribution in [0.4, 0.5) is 5.95 Å². The monoisotopic (exact) mass is 310 g/mol. The summed E-state index contributed by atoms with van der Waals surface area (Å²) < 4.78 is 12.5.